The number of nitrogens with zero attached hydrogens (tertiary/aromatic N) is 3. The van der Waals surface area contributed by atoms with Crippen molar-refractivity contribution in [3.8, 4) is 0 Å². The van der Waals surface area contributed by atoms with Crippen LogP contribution in [0, 0.1) is 18.2 Å². The van der Waals surface area contributed by atoms with Gasteiger partial charge < -0.3 is 14.9 Å². The molecule has 0 radical (unpaired) electrons. The summed E-state index contributed by atoms with van der Waals surface area (Å²) < 4.78 is 45.1. The molecule has 0 atom stereocenters. The van der Waals surface area contributed by atoms with Crippen LogP contribution in [0.1, 0.15) is 30.6 Å². The van der Waals surface area contributed by atoms with Crippen molar-refractivity contribution >= 4 is 22.4 Å². The molecule has 12 heteroatoms. The summed E-state index contributed by atoms with van der Waals surface area (Å²) in [7, 11) is -3.41. The highest BCUT2D eigenvalue weighted by molar-refractivity contribution is 7.89. The molecular formula is C20H27FN4O6S. The van der Waals surface area contributed by atoms with E-state index in [9.17, 15) is 17.6 Å². The second kappa shape index (κ2) is 11.1. The van der Waals surface area contributed by atoms with Crippen molar-refractivity contribution in [3.05, 3.63) is 47.4 Å². The average molecular weight is 471 g/mol. The van der Waals surface area contributed by atoms with E-state index in [0.717, 1.165) is 0 Å². The smallest absolute Gasteiger partial charge is 0.290 e. The summed E-state index contributed by atoms with van der Waals surface area (Å²) in [4.78, 5) is 25.4. The average Bonchev–Trinajstić information content (AvgIpc) is 3.11. The Balaban J connectivity index is 0.00000114. The van der Waals surface area contributed by atoms with Crippen molar-refractivity contribution < 1.29 is 32.0 Å². The first-order chi connectivity index (χ1) is 15.2. The van der Waals surface area contributed by atoms with Crippen molar-refractivity contribution in [2.75, 3.05) is 25.4 Å². The number of aromatic nitrogens is 2. The number of amides is 1. The Morgan fingerprint density at radius 2 is 2.03 bits per heavy atom. The van der Waals surface area contributed by atoms with E-state index in [4.69, 9.17) is 14.4 Å². The van der Waals surface area contributed by atoms with Crippen molar-refractivity contribution in [1.29, 1.82) is 0 Å². The van der Waals surface area contributed by atoms with E-state index >= 15 is 0 Å². The van der Waals surface area contributed by atoms with Gasteiger partial charge in [0.15, 0.2) is 5.82 Å². The third-order valence-electron chi connectivity index (χ3n) is 4.99. The van der Waals surface area contributed by atoms with Gasteiger partial charge in [0.2, 0.25) is 21.8 Å². The number of hydrogen-bond donors (Lipinski definition) is 2. The minimum absolute atomic E-state index is 0.0293. The van der Waals surface area contributed by atoms with Gasteiger partial charge in [-0.2, -0.15) is 9.29 Å². The molecule has 1 saturated heterocycles. The van der Waals surface area contributed by atoms with Gasteiger partial charge >= 0.3 is 0 Å². The molecule has 1 aromatic carbocycles. The first-order valence-corrected chi connectivity index (χ1v) is 11.6. The number of carbonyl (C=O) groups is 2. The van der Waals surface area contributed by atoms with Crippen LogP contribution < -0.4 is 5.32 Å². The molecular weight excluding hydrogens is 443 g/mol. The van der Waals surface area contributed by atoms with E-state index in [0.29, 0.717) is 30.1 Å². The Morgan fingerprint density at radius 1 is 1.38 bits per heavy atom. The molecule has 1 fully saturated rings. The summed E-state index contributed by atoms with van der Waals surface area (Å²) in [5.74, 6) is 0.243. The second-order valence-electron chi connectivity index (χ2n) is 7.47. The zero-order valence-corrected chi connectivity index (χ0v) is 18.8. The molecule has 0 saturated carbocycles. The Bertz CT molecular complexity index is 1020. The summed E-state index contributed by atoms with van der Waals surface area (Å²) in [6, 6.07) is 6.24. The Labute approximate surface area is 185 Å². The molecule has 0 spiro atoms. The standard InChI is InChI=1S/C19H25FN4O4S.CH2O2/c1-3-10-29(26,27)24-12-19(13-24,11-15-6-4-5-7-16(15)20)18(25)21-9-8-17-22-14(2)28-23-17;2-1-3/h4-7H,3,8-13H2,1-2H3,(H,21,25);1H,(H,2,3). The highest BCUT2D eigenvalue weighted by Crippen LogP contribution is 2.37. The number of hydrogen-bond acceptors (Lipinski definition) is 7. The van der Waals surface area contributed by atoms with Crippen LogP contribution >= 0.6 is 0 Å². The van der Waals surface area contributed by atoms with Gasteiger partial charge in [-0.25, -0.2) is 12.8 Å². The molecule has 1 amide bonds. The fraction of sp³-hybridized carbons (Fsp3) is 0.500. The van der Waals surface area contributed by atoms with Crippen molar-refractivity contribution in [2.45, 2.75) is 33.1 Å². The van der Waals surface area contributed by atoms with Crippen molar-refractivity contribution in [3.63, 3.8) is 0 Å². The number of nitrogens with one attached hydrogen (secondary N) is 1. The molecule has 1 aliphatic heterocycles. The molecule has 0 unspecified atom stereocenters. The number of rotatable bonds is 9. The molecule has 176 valence electrons. The molecule has 10 nitrogen and oxygen atoms in total. The van der Waals surface area contributed by atoms with Crippen LogP contribution in [0.25, 0.3) is 0 Å². The van der Waals surface area contributed by atoms with Crippen LogP contribution in [-0.4, -0.2) is 65.7 Å². The molecule has 2 heterocycles. The molecule has 32 heavy (non-hydrogen) atoms. The van der Waals surface area contributed by atoms with E-state index in [1.54, 1.807) is 32.0 Å². The maximum absolute atomic E-state index is 14.2. The second-order valence-corrected chi connectivity index (χ2v) is 9.56. The first kappa shape index (κ1) is 25.4. The number of sulfonamides is 1. The van der Waals surface area contributed by atoms with Gasteiger partial charge in [0.1, 0.15) is 5.82 Å². The molecule has 0 bridgehead atoms. The largest absolute Gasteiger partial charge is 0.483 e. The fourth-order valence-electron chi connectivity index (χ4n) is 3.47. The Hall–Kier alpha value is -2.86. The van der Waals surface area contributed by atoms with Gasteiger partial charge in [-0.15, -0.1) is 0 Å². The Kier molecular flexibility index (Phi) is 8.84. The SMILES string of the molecule is CCCS(=O)(=O)N1CC(Cc2ccccc2F)(C(=O)NCCc2noc(C)n2)C1.O=CO. The van der Waals surface area contributed by atoms with E-state index < -0.39 is 21.3 Å². The number of benzene rings is 1. The quantitative estimate of drug-likeness (QED) is 0.520. The zero-order chi connectivity index (χ0) is 23.8. The molecule has 1 aromatic heterocycles. The summed E-state index contributed by atoms with van der Waals surface area (Å²) in [6.07, 6.45) is 1.01. The van der Waals surface area contributed by atoms with Crippen LogP contribution in [0.3, 0.4) is 0 Å². The summed E-state index contributed by atoms with van der Waals surface area (Å²) in [6.45, 7) is 3.57. The van der Waals surface area contributed by atoms with E-state index in [1.165, 1.54) is 10.4 Å². The normalized spacial score (nSPS) is 15.2. The Morgan fingerprint density at radius 3 is 2.59 bits per heavy atom. The minimum Gasteiger partial charge on any atom is -0.483 e. The fourth-order valence-corrected chi connectivity index (χ4v) is 5.13. The monoisotopic (exact) mass is 470 g/mol. The summed E-state index contributed by atoms with van der Waals surface area (Å²) >= 11 is 0. The third-order valence-corrected chi connectivity index (χ3v) is 6.95. The van der Waals surface area contributed by atoms with Crippen LogP contribution in [-0.2, 0) is 32.5 Å². The lowest BCUT2D eigenvalue weighted by atomic mass is 9.75. The molecule has 3 rings (SSSR count). The number of aryl methyl sites for hydroxylation is 1. The van der Waals surface area contributed by atoms with Crippen molar-refractivity contribution in [1.82, 2.24) is 19.8 Å². The van der Waals surface area contributed by atoms with Crippen LogP contribution in [0.5, 0.6) is 0 Å². The van der Waals surface area contributed by atoms with E-state index in [1.807, 2.05) is 0 Å². The van der Waals surface area contributed by atoms with Crippen LogP contribution in [0.15, 0.2) is 28.8 Å². The van der Waals surface area contributed by atoms with Crippen molar-refractivity contribution in [2.24, 2.45) is 5.41 Å². The summed E-state index contributed by atoms with van der Waals surface area (Å²) in [5, 5.41) is 13.5. The predicted octanol–water partition coefficient (Wildman–Crippen LogP) is 1.16. The summed E-state index contributed by atoms with van der Waals surface area (Å²) in [5.41, 5.74) is -0.611. The van der Waals surface area contributed by atoms with Gasteiger partial charge in [0.05, 0.1) is 11.2 Å². The topological polar surface area (TPSA) is 143 Å². The lowest BCUT2D eigenvalue weighted by Crippen LogP contribution is -2.65. The van der Waals surface area contributed by atoms with Gasteiger partial charge in [-0.05, 0) is 24.5 Å². The van der Waals surface area contributed by atoms with E-state index in [-0.39, 0.29) is 44.2 Å². The van der Waals surface area contributed by atoms with Gasteiger partial charge in [0.25, 0.3) is 6.47 Å². The van der Waals surface area contributed by atoms with Gasteiger partial charge in [-0.3, -0.25) is 9.59 Å². The number of carboxylic acid groups (broad SMARTS) is 1. The number of carbonyl (C=O) groups excluding carboxylic acids is 1. The third kappa shape index (κ3) is 6.33. The molecule has 2 N–H and O–H groups in total. The maximum atomic E-state index is 14.2. The van der Waals surface area contributed by atoms with Gasteiger partial charge in [0, 0.05) is 33.0 Å². The highest BCUT2D eigenvalue weighted by atomic mass is 32.2. The van der Waals surface area contributed by atoms with Crippen LogP contribution in [0.2, 0.25) is 0 Å². The highest BCUT2D eigenvalue weighted by Gasteiger charge is 2.53. The predicted molar refractivity (Wildman–Crippen MR) is 113 cm³/mol. The zero-order valence-electron chi connectivity index (χ0n) is 18.0. The maximum Gasteiger partial charge on any atom is 0.290 e. The molecule has 0 aliphatic carbocycles. The lowest BCUT2D eigenvalue weighted by Gasteiger charge is -2.48. The molecule has 1 aliphatic rings. The number of halogens is 1. The van der Waals surface area contributed by atoms with Crippen LogP contribution in [0.4, 0.5) is 4.39 Å². The lowest BCUT2D eigenvalue weighted by molar-refractivity contribution is -0.137. The minimum atomic E-state index is -3.41. The van der Waals surface area contributed by atoms with E-state index in [2.05, 4.69) is 15.5 Å². The van der Waals surface area contributed by atoms with Gasteiger partial charge in [-0.1, -0.05) is 30.3 Å². The first-order valence-electron chi connectivity index (χ1n) is 10.0. The molecule has 2 aromatic rings.